The summed E-state index contributed by atoms with van der Waals surface area (Å²) in [6, 6.07) is 0.626. The SMILES string of the molecule is CC(C)N(CCN)CC1CCCN(C)C1. The molecule has 1 aliphatic heterocycles. The van der Waals surface area contributed by atoms with Crippen LogP contribution in [0.25, 0.3) is 0 Å². The van der Waals surface area contributed by atoms with Crippen LogP contribution in [0, 0.1) is 5.92 Å². The van der Waals surface area contributed by atoms with Gasteiger partial charge >= 0.3 is 0 Å². The van der Waals surface area contributed by atoms with Crippen molar-refractivity contribution >= 4 is 0 Å². The summed E-state index contributed by atoms with van der Waals surface area (Å²) in [6.07, 6.45) is 2.74. The van der Waals surface area contributed by atoms with Crippen molar-refractivity contribution in [3.05, 3.63) is 0 Å². The lowest BCUT2D eigenvalue weighted by atomic mass is 9.97. The Morgan fingerprint density at radius 1 is 1.47 bits per heavy atom. The van der Waals surface area contributed by atoms with Gasteiger partial charge in [0, 0.05) is 32.2 Å². The molecule has 0 aromatic carbocycles. The number of piperidine rings is 1. The Bertz CT molecular complexity index is 170. The molecule has 1 rings (SSSR count). The van der Waals surface area contributed by atoms with Crippen molar-refractivity contribution in [2.24, 2.45) is 11.7 Å². The Kier molecular flexibility index (Phi) is 5.58. The molecule has 1 saturated heterocycles. The monoisotopic (exact) mass is 213 g/mol. The van der Waals surface area contributed by atoms with Crippen LogP contribution in [0.5, 0.6) is 0 Å². The summed E-state index contributed by atoms with van der Waals surface area (Å²) >= 11 is 0. The third-order valence-electron chi connectivity index (χ3n) is 3.36. The lowest BCUT2D eigenvalue weighted by Gasteiger charge is -2.35. The van der Waals surface area contributed by atoms with E-state index in [2.05, 4.69) is 30.7 Å². The first-order chi connectivity index (χ1) is 7.13. The second-order valence-corrected chi connectivity index (χ2v) is 5.15. The lowest BCUT2D eigenvalue weighted by Crippen LogP contribution is -2.43. The fourth-order valence-corrected chi connectivity index (χ4v) is 2.48. The van der Waals surface area contributed by atoms with E-state index in [1.807, 2.05) is 0 Å². The molecule has 3 heteroatoms. The molecular formula is C12H27N3. The lowest BCUT2D eigenvalue weighted by molar-refractivity contribution is 0.134. The molecule has 1 atom stereocenters. The summed E-state index contributed by atoms with van der Waals surface area (Å²) in [5.74, 6) is 0.845. The minimum absolute atomic E-state index is 0.626. The molecule has 0 aromatic rings. The number of nitrogens with zero attached hydrogens (tertiary/aromatic N) is 2. The van der Waals surface area contributed by atoms with E-state index in [0.717, 1.165) is 19.0 Å². The van der Waals surface area contributed by atoms with Gasteiger partial charge in [0.05, 0.1) is 0 Å². The van der Waals surface area contributed by atoms with Gasteiger partial charge in [-0.05, 0) is 46.2 Å². The van der Waals surface area contributed by atoms with E-state index < -0.39 is 0 Å². The molecule has 0 spiro atoms. The maximum absolute atomic E-state index is 5.65. The van der Waals surface area contributed by atoms with Gasteiger partial charge in [-0.25, -0.2) is 0 Å². The first-order valence-electron chi connectivity index (χ1n) is 6.26. The highest BCUT2D eigenvalue weighted by molar-refractivity contribution is 4.75. The first-order valence-corrected chi connectivity index (χ1v) is 6.26. The summed E-state index contributed by atoms with van der Waals surface area (Å²) in [5.41, 5.74) is 5.65. The average molecular weight is 213 g/mol. The summed E-state index contributed by atoms with van der Waals surface area (Å²) in [4.78, 5) is 4.97. The molecule has 0 bridgehead atoms. The van der Waals surface area contributed by atoms with Crippen molar-refractivity contribution in [2.75, 3.05) is 39.8 Å². The molecule has 0 saturated carbocycles. The van der Waals surface area contributed by atoms with Gasteiger partial charge in [-0.15, -0.1) is 0 Å². The van der Waals surface area contributed by atoms with Crippen LogP contribution in [0.2, 0.25) is 0 Å². The van der Waals surface area contributed by atoms with Crippen LogP contribution in [-0.2, 0) is 0 Å². The Morgan fingerprint density at radius 3 is 2.73 bits per heavy atom. The van der Waals surface area contributed by atoms with Crippen LogP contribution in [-0.4, -0.2) is 55.6 Å². The highest BCUT2D eigenvalue weighted by Crippen LogP contribution is 2.17. The minimum Gasteiger partial charge on any atom is -0.329 e. The number of likely N-dealkylation sites (tertiary alicyclic amines) is 1. The number of hydrogen-bond donors (Lipinski definition) is 1. The Labute approximate surface area is 94.6 Å². The zero-order valence-electron chi connectivity index (χ0n) is 10.6. The second kappa shape index (κ2) is 6.46. The first kappa shape index (κ1) is 12.9. The normalized spacial score (nSPS) is 24.0. The van der Waals surface area contributed by atoms with Gasteiger partial charge in [0.1, 0.15) is 0 Å². The van der Waals surface area contributed by atoms with Crippen LogP contribution in [0.1, 0.15) is 26.7 Å². The molecule has 2 N–H and O–H groups in total. The molecule has 1 unspecified atom stereocenters. The van der Waals surface area contributed by atoms with Crippen LogP contribution in [0.4, 0.5) is 0 Å². The molecule has 3 nitrogen and oxygen atoms in total. The second-order valence-electron chi connectivity index (χ2n) is 5.15. The van der Waals surface area contributed by atoms with E-state index in [4.69, 9.17) is 5.73 Å². The van der Waals surface area contributed by atoms with Crippen LogP contribution >= 0.6 is 0 Å². The van der Waals surface area contributed by atoms with Crippen LogP contribution < -0.4 is 5.73 Å². The van der Waals surface area contributed by atoms with Gasteiger partial charge in [0.15, 0.2) is 0 Å². The number of rotatable bonds is 5. The highest BCUT2D eigenvalue weighted by Gasteiger charge is 2.20. The predicted octanol–water partition coefficient (Wildman–Crippen LogP) is 0.997. The highest BCUT2D eigenvalue weighted by atomic mass is 15.2. The summed E-state index contributed by atoms with van der Waals surface area (Å²) in [6.45, 7) is 10.1. The molecule has 1 aliphatic rings. The third kappa shape index (κ3) is 4.49. The molecule has 90 valence electrons. The number of hydrogen-bond acceptors (Lipinski definition) is 3. The fourth-order valence-electron chi connectivity index (χ4n) is 2.48. The maximum Gasteiger partial charge on any atom is 0.0107 e. The van der Waals surface area contributed by atoms with E-state index in [-0.39, 0.29) is 0 Å². The van der Waals surface area contributed by atoms with Gasteiger partial charge in [0.25, 0.3) is 0 Å². The quantitative estimate of drug-likeness (QED) is 0.739. The maximum atomic E-state index is 5.65. The van der Waals surface area contributed by atoms with Crippen molar-refractivity contribution in [1.82, 2.24) is 9.80 Å². The molecule has 15 heavy (non-hydrogen) atoms. The topological polar surface area (TPSA) is 32.5 Å². The largest absolute Gasteiger partial charge is 0.329 e. The minimum atomic E-state index is 0.626. The fraction of sp³-hybridized carbons (Fsp3) is 1.00. The van der Waals surface area contributed by atoms with Crippen LogP contribution in [0.3, 0.4) is 0 Å². The van der Waals surface area contributed by atoms with Crippen molar-refractivity contribution < 1.29 is 0 Å². The zero-order chi connectivity index (χ0) is 11.3. The molecule has 0 aliphatic carbocycles. The Hall–Kier alpha value is -0.120. The van der Waals surface area contributed by atoms with E-state index in [1.165, 1.54) is 32.5 Å². The van der Waals surface area contributed by atoms with Gasteiger partial charge in [0.2, 0.25) is 0 Å². The van der Waals surface area contributed by atoms with E-state index >= 15 is 0 Å². The summed E-state index contributed by atoms with van der Waals surface area (Å²) in [7, 11) is 2.23. The predicted molar refractivity (Wildman–Crippen MR) is 66.0 cm³/mol. The zero-order valence-corrected chi connectivity index (χ0v) is 10.6. The molecule has 0 amide bonds. The third-order valence-corrected chi connectivity index (χ3v) is 3.36. The van der Waals surface area contributed by atoms with Gasteiger partial charge in [-0.3, -0.25) is 4.90 Å². The van der Waals surface area contributed by atoms with Gasteiger partial charge in [-0.1, -0.05) is 0 Å². The van der Waals surface area contributed by atoms with Crippen LogP contribution in [0.15, 0.2) is 0 Å². The smallest absolute Gasteiger partial charge is 0.0107 e. The van der Waals surface area contributed by atoms with Crippen molar-refractivity contribution in [3.8, 4) is 0 Å². The van der Waals surface area contributed by atoms with Crippen molar-refractivity contribution in [3.63, 3.8) is 0 Å². The average Bonchev–Trinajstić information content (AvgIpc) is 2.17. The molecular weight excluding hydrogens is 186 g/mol. The standard InChI is InChI=1S/C12H27N3/c1-11(2)15(8-6-13)10-12-5-4-7-14(3)9-12/h11-12H,4-10,13H2,1-3H3. The van der Waals surface area contributed by atoms with Gasteiger partial charge < -0.3 is 10.6 Å². The van der Waals surface area contributed by atoms with E-state index in [9.17, 15) is 0 Å². The molecule has 0 radical (unpaired) electrons. The summed E-state index contributed by atoms with van der Waals surface area (Å²) in [5, 5.41) is 0. The summed E-state index contributed by atoms with van der Waals surface area (Å²) < 4.78 is 0. The van der Waals surface area contributed by atoms with Crippen molar-refractivity contribution in [2.45, 2.75) is 32.7 Å². The molecule has 0 aromatic heterocycles. The molecule has 1 fully saturated rings. The number of nitrogens with two attached hydrogens (primary N) is 1. The molecule has 1 heterocycles. The Morgan fingerprint density at radius 2 is 2.20 bits per heavy atom. The van der Waals surface area contributed by atoms with Crippen molar-refractivity contribution in [1.29, 1.82) is 0 Å². The Balaban J connectivity index is 2.35. The van der Waals surface area contributed by atoms with E-state index in [0.29, 0.717) is 6.04 Å². The van der Waals surface area contributed by atoms with Gasteiger partial charge in [-0.2, -0.15) is 0 Å². The van der Waals surface area contributed by atoms with E-state index in [1.54, 1.807) is 0 Å².